The second kappa shape index (κ2) is 6.40. The Labute approximate surface area is 84.7 Å². The van der Waals surface area contributed by atoms with Gasteiger partial charge in [0.1, 0.15) is 6.04 Å². The van der Waals surface area contributed by atoms with Crippen LogP contribution in [0.2, 0.25) is 0 Å². The van der Waals surface area contributed by atoms with E-state index < -0.39 is 12.0 Å². The maximum Gasteiger partial charge on any atom is 0.326 e. The molecule has 4 nitrogen and oxygen atoms in total. The standard InChI is InChI=1S/C10H19NO3/c1-4-8(5-2)6-9(10(13)14)11-7(3)12/h8-9H,4-6H2,1-3H3,(H,11,12)(H,13,14)/t9-/m1/s1. The van der Waals surface area contributed by atoms with Crippen molar-refractivity contribution in [2.24, 2.45) is 5.92 Å². The molecule has 0 rings (SSSR count). The second-order valence-electron chi connectivity index (χ2n) is 3.51. The van der Waals surface area contributed by atoms with Crippen molar-refractivity contribution in [3.05, 3.63) is 0 Å². The van der Waals surface area contributed by atoms with E-state index in [-0.39, 0.29) is 5.91 Å². The normalized spacial score (nSPS) is 12.6. The number of aliphatic carboxylic acids is 1. The number of carboxylic acid groups (broad SMARTS) is 1. The molecule has 0 aliphatic carbocycles. The average molecular weight is 201 g/mol. The first kappa shape index (κ1) is 12.9. The maximum absolute atomic E-state index is 10.8. The van der Waals surface area contributed by atoms with E-state index in [0.717, 1.165) is 12.8 Å². The molecule has 0 saturated carbocycles. The molecule has 0 spiro atoms. The molecule has 0 aromatic rings. The summed E-state index contributed by atoms with van der Waals surface area (Å²) in [6.07, 6.45) is 2.40. The summed E-state index contributed by atoms with van der Waals surface area (Å²) < 4.78 is 0. The Kier molecular flexibility index (Phi) is 5.92. The van der Waals surface area contributed by atoms with E-state index in [1.807, 2.05) is 13.8 Å². The molecule has 4 heteroatoms. The van der Waals surface area contributed by atoms with E-state index in [1.165, 1.54) is 6.92 Å². The molecule has 1 amide bonds. The molecule has 0 aliphatic heterocycles. The Balaban J connectivity index is 4.21. The van der Waals surface area contributed by atoms with E-state index in [4.69, 9.17) is 5.11 Å². The minimum Gasteiger partial charge on any atom is -0.480 e. The first-order valence-electron chi connectivity index (χ1n) is 5.01. The van der Waals surface area contributed by atoms with Gasteiger partial charge in [0.25, 0.3) is 0 Å². The highest BCUT2D eigenvalue weighted by molar-refractivity contribution is 5.81. The number of nitrogens with one attached hydrogen (secondary N) is 1. The summed E-state index contributed by atoms with van der Waals surface area (Å²) in [5, 5.41) is 11.3. The van der Waals surface area contributed by atoms with Crippen molar-refractivity contribution in [1.82, 2.24) is 5.32 Å². The topological polar surface area (TPSA) is 66.4 Å². The Morgan fingerprint density at radius 2 is 1.79 bits per heavy atom. The molecule has 2 N–H and O–H groups in total. The van der Waals surface area contributed by atoms with Crippen LogP contribution in [0, 0.1) is 5.92 Å². The molecule has 0 radical (unpaired) electrons. The predicted octanol–water partition coefficient (Wildman–Crippen LogP) is 1.40. The van der Waals surface area contributed by atoms with Crippen LogP contribution in [-0.2, 0) is 9.59 Å². The number of carboxylic acids is 1. The van der Waals surface area contributed by atoms with E-state index >= 15 is 0 Å². The first-order valence-corrected chi connectivity index (χ1v) is 5.01. The van der Waals surface area contributed by atoms with Crippen molar-refractivity contribution in [1.29, 1.82) is 0 Å². The lowest BCUT2D eigenvalue weighted by Gasteiger charge is -2.18. The fourth-order valence-corrected chi connectivity index (χ4v) is 1.42. The van der Waals surface area contributed by atoms with E-state index in [1.54, 1.807) is 0 Å². The molecule has 0 bridgehead atoms. The molecule has 0 fully saturated rings. The monoisotopic (exact) mass is 201 g/mol. The molecule has 0 saturated heterocycles. The van der Waals surface area contributed by atoms with Gasteiger partial charge in [-0.05, 0) is 12.3 Å². The Morgan fingerprint density at radius 1 is 1.29 bits per heavy atom. The maximum atomic E-state index is 10.8. The van der Waals surface area contributed by atoms with Crippen LogP contribution in [0.15, 0.2) is 0 Å². The van der Waals surface area contributed by atoms with Gasteiger partial charge in [-0.15, -0.1) is 0 Å². The lowest BCUT2D eigenvalue weighted by Crippen LogP contribution is -2.40. The number of hydrogen-bond donors (Lipinski definition) is 2. The smallest absolute Gasteiger partial charge is 0.326 e. The third kappa shape index (κ3) is 4.84. The quantitative estimate of drug-likeness (QED) is 0.682. The van der Waals surface area contributed by atoms with Gasteiger partial charge in [0, 0.05) is 6.92 Å². The Morgan fingerprint density at radius 3 is 2.07 bits per heavy atom. The van der Waals surface area contributed by atoms with Crippen LogP contribution in [-0.4, -0.2) is 23.0 Å². The summed E-state index contributed by atoms with van der Waals surface area (Å²) in [5.74, 6) is -0.876. The zero-order valence-corrected chi connectivity index (χ0v) is 9.04. The van der Waals surface area contributed by atoms with Crippen LogP contribution in [0.3, 0.4) is 0 Å². The fourth-order valence-electron chi connectivity index (χ4n) is 1.42. The van der Waals surface area contributed by atoms with Crippen LogP contribution >= 0.6 is 0 Å². The molecule has 14 heavy (non-hydrogen) atoms. The zero-order valence-electron chi connectivity index (χ0n) is 9.04. The van der Waals surface area contributed by atoms with Crippen LogP contribution < -0.4 is 5.32 Å². The van der Waals surface area contributed by atoms with Gasteiger partial charge in [0.15, 0.2) is 0 Å². The number of rotatable bonds is 6. The number of amides is 1. The highest BCUT2D eigenvalue weighted by Crippen LogP contribution is 2.15. The molecule has 0 unspecified atom stereocenters. The molecule has 1 atom stereocenters. The van der Waals surface area contributed by atoms with E-state index in [9.17, 15) is 9.59 Å². The van der Waals surface area contributed by atoms with Gasteiger partial charge in [-0.2, -0.15) is 0 Å². The summed E-state index contributed by atoms with van der Waals surface area (Å²) in [6.45, 7) is 5.39. The third-order valence-corrected chi connectivity index (χ3v) is 2.40. The van der Waals surface area contributed by atoms with Gasteiger partial charge >= 0.3 is 5.97 Å². The van der Waals surface area contributed by atoms with Crippen molar-refractivity contribution >= 4 is 11.9 Å². The van der Waals surface area contributed by atoms with Crippen molar-refractivity contribution in [3.63, 3.8) is 0 Å². The number of hydrogen-bond acceptors (Lipinski definition) is 2. The van der Waals surface area contributed by atoms with Gasteiger partial charge in [0.05, 0.1) is 0 Å². The molecular formula is C10H19NO3. The number of carbonyl (C=O) groups excluding carboxylic acids is 1. The molecule has 0 aliphatic rings. The first-order chi connectivity index (χ1) is 6.51. The summed E-state index contributed by atoms with van der Waals surface area (Å²) in [5.41, 5.74) is 0. The van der Waals surface area contributed by atoms with Crippen LogP contribution in [0.1, 0.15) is 40.0 Å². The van der Waals surface area contributed by atoms with Crippen molar-refractivity contribution in [3.8, 4) is 0 Å². The highest BCUT2D eigenvalue weighted by atomic mass is 16.4. The summed E-state index contributed by atoms with van der Waals surface area (Å²) >= 11 is 0. The summed E-state index contributed by atoms with van der Waals surface area (Å²) in [7, 11) is 0. The van der Waals surface area contributed by atoms with Crippen LogP contribution in [0.25, 0.3) is 0 Å². The van der Waals surface area contributed by atoms with Gasteiger partial charge in [-0.1, -0.05) is 26.7 Å². The molecule has 82 valence electrons. The van der Waals surface area contributed by atoms with Crippen molar-refractivity contribution in [2.75, 3.05) is 0 Å². The van der Waals surface area contributed by atoms with Gasteiger partial charge < -0.3 is 10.4 Å². The minimum absolute atomic E-state index is 0.289. The lowest BCUT2D eigenvalue weighted by molar-refractivity contribution is -0.142. The second-order valence-corrected chi connectivity index (χ2v) is 3.51. The lowest BCUT2D eigenvalue weighted by atomic mass is 9.95. The zero-order chi connectivity index (χ0) is 11.1. The van der Waals surface area contributed by atoms with Crippen LogP contribution in [0.4, 0.5) is 0 Å². The van der Waals surface area contributed by atoms with Gasteiger partial charge in [-0.3, -0.25) is 4.79 Å². The summed E-state index contributed by atoms with van der Waals surface area (Å²) in [6, 6.07) is -0.739. The number of carbonyl (C=O) groups is 2. The molecule has 0 aromatic carbocycles. The minimum atomic E-state index is -0.952. The Hall–Kier alpha value is -1.06. The SMILES string of the molecule is CCC(CC)C[C@@H](NC(C)=O)C(=O)O. The van der Waals surface area contributed by atoms with E-state index in [2.05, 4.69) is 5.32 Å². The summed E-state index contributed by atoms with van der Waals surface area (Å²) in [4.78, 5) is 21.5. The van der Waals surface area contributed by atoms with Gasteiger partial charge in [0.2, 0.25) is 5.91 Å². The molecular weight excluding hydrogens is 182 g/mol. The Bertz CT molecular complexity index is 200. The third-order valence-electron chi connectivity index (χ3n) is 2.40. The average Bonchev–Trinajstić information content (AvgIpc) is 2.11. The van der Waals surface area contributed by atoms with Crippen LogP contribution in [0.5, 0.6) is 0 Å². The predicted molar refractivity (Wildman–Crippen MR) is 53.9 cm³/mol. The van der Waals surface area contributed by atoms with E-state index in [0.29, 0.717) is 12.3 Å². The largest absolute Gasteiger partial charge is 0.480 e. The van der Waals surface area contributed by atoms with Crippen molar-refractivity contribution in [2.45, 2.75) is 46.1 Å². The fraction of sp³-hybridized carbons (Fsp3) is 0.800. The van der Waals surface area contributed by atoms with Crippen molar-refractivity contribution < 1.29 is 14.7 Å². The highest BCUT2D eigenvalue weighted by Gasteiger charge is 2.21. The van der Waals surface area contributed by atoms with Gasteiger partial charge in [-0.25, -0.2) is 4.79 Å². The molecule has 0 heterocycles. The molecule has 0 aromatic heterocycles.